The number of hydrogen-bond acceptors (Lipinski definition) is 8. The first-order chi connectivity index (χ1) is 17.5. The van der Waals surface area contributed by atoms with Crippen LogP contribution in [0.2, 0.25) is 5.02 Å². The maximum atomic E-state index is 12.8. The van der Waals surface area contributed by atoms with E-state index in [-0.39, 0.29) is 12.4 Å². The number of esters is 1. The molecule has 1 N–H and O–H groups in total. The molecule has 3 aromatic carbocycles. The van der Waals surface area contributed by atoms with Gasteiger partial charge in [-0.2, -0.15) is 5.10 Å². The van der Waals surface area contributed by atoms with Crippen LogP contribution in [0.3, 0.4) is 0 Å². The molecular formula is C26H21ClN2O6S. The number of carbonyl (C=O) groups excluding carboxylic acids is 2. The number of ether oxygens (including phenoxy) is 4. The van der Waals surface area contributed by atoms with Crippen LogP contribution in [0, 0.1) is 0 Å². The number of carbonyl (C=O) groups is 2. The molecule has 184 valence electrons. The Morgan fingerprint density at radius 3 is 2.42 bits per heavy atom. The molecule has 0 aliphatic carbocycles. The number of methoxy groups -OCH3 is 2. The number of para-hydroxylation sites is 2. The third kappa shape index (κ3) is 5.76. The van der Waals surface area contributed by atoms with E-state index in [1.54, 1.807) is 42.5 Å². The summed E-state index contributed by atoms with van der Waals surface area (Å²) in [5, 5.41) is 5.08. The van der Waals surface area contributed by atoms with Gasteiger partial charge in [-0.1, -0.05) is 41.9 Å². The molecule has 0 atom stereocenters. The number of fused-ring (bicyclic) bond motifs is 1. The van der Waals surface area contributed by atoms with Gasteiger partial charge in [0.25, 0.3) is 5.91 Å². The SMILES string of the molecule is COc1ccccc1OCC(=O)NN=Cc1ccc(OC(=O)c2sc3ccccc3c2Cl)c(OC)c1. The lowest BCUT2D eigenvalue weighted by atomic mass is 10.2. The van der Waals surface area contributed by atoms with Crippen molar-refractivity contribution in [2.24, 2.45) is 5.10 Å². The van der Waals surface area contributed by atoms with Crippen LogP contribution in [-0.4, -0.2) is 38.9 Å². The minimum Gasteiger partial charge on any atom is -0.493 e. The van der Waals surface area contributed by atoms with Gasteiger partial charge in [0.2, 0.25) is 0 Å². The van der Waals surface area contributed by atoms with Crippen molar-refractivity contribution in [2.45, 2.75) is 0 Å². The van der Waals surface area contributed by atoms with Crippen molar-refractivity contribution in [1.82, 2.24) is 5.43 Å². The van der Waals surface area contributed by atoms with Crippen molar-refractivity contribution in [3.05, 3.63) is 82.2 Å². The van der Waals surface area contributed by atoms with Gasteiger partial charge < -0.3 is 18.9 Å². The summed E-state index contributed by atoms with van der Waals surface area (Å²) in [7, 11) is 2.98. The monoisotopic (exact) mass is 524 g/mol. The number of nitrogens with zero attached hydrogens (tertiary/aromatic N) is 1. The van der Waals surface area contributed by atoms with Gasteiger partial charge in [-0.3, -0.25) is 4.79 Å². The second-order valence-electron chi connectivity index (χ2n) is 7.27. The molecule has 36 heavy (non-hydrogen) atoms. The predicted octanol–water partition coefficient (Wildman–Crippen LogP) is 5.32. The normalized spacial score (nSPS) is 10.9. The van der Waals surface area contributed by atoms with Crippen LogP contribution in [-0.2, 0) is 4.79 Å². The lowest BCUT2D eigenvalue weighted by molar-refractivity contribution is -0.123. The van der Waals surface area contributed by atoms with Gasteiger partial charge in [-0.05, 0) is 42.0 Å². The van der Waals surface area contributed by atoms with Gasteiger partial charge in [-0.25, -0.2) is 10.2 Å². The Hall–Kier alpha value is -4.08. The molecule has 0 fully saturated rings. The van der Waals surface area contributed by atoms with E-state index in [0.29, 0.717) is 32.7 Å². The Morgan fingerprint density at radius 2 is 1.67 bits per heavy atom. The molecule has 4 aromatic rings. The topological polar surface area (TPSA) is 95.5 Å². The maximum absolute atomic E-state index is 12.8. The maximum Gasteiger partial charge on any atom is 0.355 e. The Bertz CT molecular complexity index is 1440. The van der Waals surface area contributed by atoms with Crippen molar-refractivity contribution >= 4 is 51.1 Å². The molecule has 0 unspecified atom stereocenters. The Kier molecular flexibility index (Phi) is 8.04. The largest absolute Gasteiger partial charge is 0.493 e. The van der Waals surface area contributed by atoms with Gasteiger partial charge in [0.05, 0.1) is 25.5 Å². The zero-order valence-electron chi connectivity index (χ0n) is 19.3. The molecule has 0 radical (unpaired) electrons. The van der Waals surface area contributed by atoms with Crippen LogP contribution in [0.1, 0.15) is 15.2 Å². The minimum absolute atomic E-state index is 0.224. The number of rotatable bonds is 9. The summed E-state index contributed by atoms with van der Waals surface area (Å²) in [6.07, 6.45) is 1.43. The first kappa shape index (κ1) is 25.0. The van der Waals surface area contributed by atoms with Crippen molar-refractivity contribution in [2.75, 3.05) is 20.8 Å². The summed E-state index contributed by atoms with van der Waals surface area (Å²) in [4.78, 5) is 25.1. The Balaban J connectivity index is 1.37. The molecule has 0 saturated heterocycles. The van der Waals surface area contributed by atoms with E-state index in [2.05, 4.69) is 10.5 Å². The third-order valence-electron chi connectivity index (χ3n) is 4.94. The first-order valence-electron chi connectivity index (χ1n) is 10.6. The average Bonchev–Trinajstić information content (AvgIpc) is 3.25. The smallest absolute Gasteiger partial charge is 0.355 e. The summed E-state index contributed by atoms with van der Waals surface area (Å²) in [6.45, 7) is -0.240. The summed E-state index contributed by atoms with van der Waals surface area (Å²) in [5.74, 6) is 0.484. The van der Waals surface area contributed by atoms with Crippen LogP contribution < -0.4 is 24.4 Å². The minimum atomic E-state index is -0.580. The highest BCUT2D eigenvalue weighted by Crippen LogP contribution is 2.37. The van der Waals surface area contributed by atoms with E-state index >= 15 is 0 Å². The fourth-order valence-electron chi connectivity index (χ4n) is 3.23. The fourth-order valence-corrected chi connectivity index (χ4v) is 4.62. The quantitative estimate of drug-likeness (QED) is 0.138. The Morgan fingerprint density at radius 1 is 0.944 bits per heavy atom. The molecule has 0 spiro atoms. The number of amides is 1. The highest BCUT2D eigenvalue weighted by Gasteiger charge is 2.20. The van der Waals surface area contributed by atoms with Crippen LogP contribution >= 0.6 is 22.9 Å². The van der Waals surface area contributed by atoms with Crippen molar-refractivity contribution in [1.29, 1.82) is 0 Å². The summed E-state index contributed by atoms with van der Waals surface area (Å²) < 4.78 is 22.4. The van der Waals surface area contributed by atoms with Crippen molar-refractivity contribution in [3.63, 3.8) is 0 Å². The third-order valence-corrected chi connectivity index (χ3v) is 6.60. The number of hydrogen-bond donors (Lipinski definition) is 1. The van der Waals surface area contributed by atoms with Gasteiger partial charge in [0.15, 0.2) is 29.6 Å². The molecule has 0 aliphatic rings. The average molecular weight is 525 g/mol. The molecular weight excluding hydrogens is 504 g/mol. The first-order valence-corrected chi connectivity index (χ1v) is 11.8. The highest BCUT2D eigenvalue weighted by molar-refractivity contribution is 7.21. The molecule has 1 aromatic heterocycles. The summed E-state index contributed by atoms with van der Waals surface area (Å²) in [5.41, 5.74) is 3.00. The van der Waals surface area contributed by atoms with Crippen LogP contribution in [0.15, 0.2) is 71.8 Å². The van der Waals surface area contributed by atoms with E-state index in [1.807, 2.05) is 24.3 Å². The van der Waals surface area contributed by atoms with Crippen LogP contribution in [0.4, 0.5) is 0 Å². The Labute approximate surface area is 216 Å². The molecule has 0 saturated carbocycles. The molecule has 0 bridgehead atoms. The number of halogens is 1. The summed E-state index contributed by atoms with van der Waals surface area (Å²) in [6, 6.07) is 19.3. The van der Waals surface area contributed by atoms with Crippen LogP contribution in [0.5, 0.6) is 23.0 Å². The lowest BCUT2D eigenvalue weighted by Crippen LogP contribution is -2.24. The molecule has 8 nitrogen and oxygen atoms in total. The van der Waals surface area contributed by atoms with Gasteiger partial charge >= 0.3 is 5.97 Å². The van der Waals surface area contributed by atoms with Crippen molar-refractivity contribution < 1.29 is 28.5 Å². The fraction of sp³-hybridized carbons (Fsp3) is 0.115. The van der Waals surface area contributed by atoms with E-state index in [9.17, 15) is 9.59 Å². The number of hydrazone groups is 1. The van der Waals surface area contributed by atoms with E-state index in [4.69, 9.17) is 30.5 Å². The predicted molar refractivity (Wildman–Crippen MR) is 139 cm³/mol. The zero-order valence-corrected chi connectivity index (χ0v) is 20.9. The second-order valence-corrected chi connectivity index (χ2v) is 8.70. The molecule has 0 aliphatic heterocycles. The highest BCUT2D eigenvalue weighted by atomic mass is 35.5. The van der Waals surface area contributed by atoms with Crippen molar-refractivity contribution in [3.8, 4) is 23.0 Å². The lowest BCUT2D eigenvalue weighted by Gasteiger charge is -2.10. The number of benzene rings is 3. The van der Waals surface area contributed by atoms with Gasteiger partial charge in [-0.15, -0.1) is 11.3 Å². The molecule has 1 amide bonds. The molecule has 1 heterocycles. The zero-order chi connectivity index (χ0) is 25.5. The number of nitrogens with one attached hydrogen (secondary N) is 1. The molecule has 4 rings (SSSR count). The van der Waals surface area contributed by atoms with E-state index in [1.165, 1.54) is 31.8 Å². The van der Waals surface area contributed by atoms with Crippen LogP contribution in [0.25, 0.3) is 10.1 Å². The number of thiophene rings is 1. The summed E-state index contributed by atoms with van der Waals surface area (Å²) >= 11 is 7.64. The van der Waals surface area contributed by atoms with E-state index < -0.39 is 11.9 Å². The molecule has 10 heteroatoms. The van der Waals surface area contributed by atoms with E-state index in [0.717, 1.165) is 10.1 Å². The van der Waals surface area contributed by atoms with Gasteiger partial charge in [0, 0.05) is 10.1 Å². The standard InChI is InChI=1S/C26H21ClN2O6S/c1-32-18-8-4-5-9-19(18)34-15-23(30)29-28-14-16-11-12-20(21(13-16)33-2)35-26(31)25-24(27)17-7-3-6-10-22(17)36-25/h3-14H,15H2,1-2H3,(H,29,30). The van der Waals surface area contributed by atoms with Gasteiger partial charge in [0.1, 0.15) is 4.88 Å². The second kappa shape index (κ2) is 11.6.